The topological polar surface area (TPSA) is 71.1 Å². The van der Waals surface area contributed by atoms with E-state index in [0.717, 1.165) is 40.8 Å². The predicted molar refractivity (Wildman–Crippen MR) is 149 cm³/mol. The number of nitrogens with zero attached hydrogens (tertiary/aromatic N) is 2. The lowest BCUT2D eigenvalue weighted by molar-refractivity contribution is -0.122. The molecule has 202 valence electrons. The summed E-state index contributed by atoms with van der Waals surface area (Å²) in [6.07, 6.45) is 1.66. The lowest BCUT2D eigenvalue weighted by Gasteiger charge is -2.37. The van der Waals surface area contributed by atoms with Gasteiger partial charge in [-0.1, -0.05) is 54.6 Å². The molecule has 1 saturated heterocycles. The third-order valence-electron chi connectivity index (χ3n) is 8.25. The number of morpholine rings is 1. The normalized spacial score (nSPS) is 20.2. The van der Waals surface area contributed by atoms with Crippen molar-refractivity contribution in [3.05, 3.63) is 89.0 Å². The van der Waals surface area contributed by atoms with E-state index in [4.69, 9.17) is 9.47 Å². The Morgan fingerprint density at radius 3 is 2.56 bits per heavy atom. The maximum absolute atomic E-state index is 13.4. The van der Waals surface area contributed by atoms with Crippen LogP contribution in [-0.2, 0) is 29.0 Å². The van der Waals surface area contributed by atoms with Gasteiger partial charge in [-0.05, 0) is 64.3 Å². The Labute approximate surface area is 229 Å². The minimum Gasteiger partial charge on any atom is -0.497 e. The number of hydrogen-bond acceptors (Lipinski definition) is 4. The summed E-state index contributed by atoms with van der Waals surface area (Å²) in [5.74, 6) is 1.25. The maximum Gasteiger partial charge on any atom is 0.320 e. The van der Waals surface area contributed by atoms with Gasteiger partial charge in [0.15, 0.2) is 0 Å². The molecule has 7 nitrogen and oxygen atoms in total. The fourth-order valence-corrected chi connectivity index (χ4v) is 5.95. The molecular weight excluding hydrogens is 490 g/mol. The first-order valence-electron chi connectivity index (χ1n) is 13.8. The molecule has 6 rings (SSSR count). The van der Waals surface area contributed by atoms with Crippen LogP contribution in [0.5, 0.6) is 5.75 Å². The number of methoxy groups -OCH3 is 1. The molecule has 39 heavy (non-hydrogen) atoms. The van der Waals surface area contributed by atoms with E-state index in [0.29, 0.717) is 51.9 Å². The first kappa shape index (κ1) is 25.4. The second kappa shape index (κ2) is 11.1. The molecule has 0 radical (unpaired) electrons. The zero-order chi connectivity index (χ0) is 26.8. The van der Waals surface area contributed by atoms with E-state index in [9.17, 15) is 9.59 Å². The van der Waals surface area contributed by atoms with Crippen LogP contribution in [0.1, 0.15) is 34.6 Å². The van der Waals surface area contributed by atoms with Crippen molar-refractivity contribution in [1.29, 1.82) is 0 Å². The van der Waals surface area contributed by atoms with Gasteiger partial charge < -0.3 is 24.6 Å². The smallest absolute Gasteiger partial charge is 0.320 e. The first-order valence-corrected chi connectivity index (χ1v) is 13.8. The zero-order valence-electron chi connectivity index (χ0n) is 22.4. The van der Waals surface area contributed by atoms with Crippen LogP contribution in [0.2, 0.25) is 0 Å². The SMILES string of the molecule is COc1cccc(-c2ccc(CNC(=O)[C@@H]3C[C@H]3c3ccccc3)c3c2CCN(C(=O)N2CCOCC2)C3)c1. The molecule has 0 aromatic heterocycles. The highest BCUT2D eigenvalue weighted by Gasteiger charge is 2.43. The molecule has 2 atom stereocenters. The predicted octanol–water partition coefficient (Wildman–Crippen LogP) is 4.59. The molecule has 3 aromatic rings. The van der Waals surface area contributed by atoms with Crippen LogP contribution in [0.4, 0.5) is 4.79 Å². The average Bonchev–Trinajstić information content (AvgIpc) is 3.81. The van der Waals surface area contributed by atoms with Crippen molar-refractivity contribution >= 4 is 11.9 Å². The molecule has 1 aliphatic carbocycles. The minimum absolute atomic E-state index is 0.0266. The van der Waals surface area contributed by atoms with E-state index in [1.54, 1.807) is 7.11 Å². The minimum atomic E-state index is 0.0266. The van der Waals surface area contributed by atoms with E-state index < -0.39 is 0 Å². The largest absolute Gasteiger partial charge is 0.497 e. The average molecular weight is 526 g/mol. The Morgan fingerprint density at radius 1 is 0.949 bits per heavy atom. The summed E-state index contributed by atoms with van der Waals surface area (Å²) in [6.45, 7) is 4.06. The van der Waals surface area contributed by atoms with Crippen LogP contribution in [-0.4, -0.2) is 61.7 Å². The summed E-state index contributed by atoms with van der Waals surface area (Å²) in [7, 11) is 1.68. The van der Waals surface area contributed by atoms with E-state index in [2.05, 4.69) is 41.7 Å². The van der Waals surface area contributed by atoms with Gasteiger partial charge in [-0.25, -0.2) is 4.79 Å². The molecule has 2 fully saturated rings. The summed E-state index contributed by atoms with van der Waals surface area (Å²) >= 11 is 0. The molecule has 3 aromatic carbocycles. The van der Waals surface area contributed by atoms with Gasteiger partial charge in [-0.3, -0.25) is 4.79 Å². The van der Waals surface area contributed by atoms with Gasteiger partial charge in [-0.15, -0.1) is 0 Å². The molecule has 3 amide bonds. The van der Waals surface area contributed by atoms with Crippen molar-refractivity contribution in [2.24, 2.45) is 5.92 Å². The highest BCUT2D eigenvalue weighted by atomic mass is 16.5. The van der Waals surface area contributed by atoms with Crippen LogP contribution in [0, 0.1) is 5.92 Å². The Bertz CT molecular complexity index is 1350. The summed E-state index contributed by atoms with van der Waals surface area (Å²) < 4.78 is 10.9. The summed E-state index contributed by atoms with van der Waals surface area (Å²) in [6, 6.07) is 22.7. The molecule has 3 aliphatic rings. The fraction of sp³-hybridized carbons (Fsp3) is 0.375. The van der Waals surface area contributed by atoms with E-state index >= 15 is 0 Å². The molecule has 7 heteroatoms. The number of rotatable bonds is 6. The van der Waals surface area contributed by atoms with Gasteiger partial charge in [-0.2, -0.15) is 0 Å². The van der Waals surface area contributed by atoms with Crippen molar-refractivity contribution in [3.63, 3.8) is 0 Å². The summed E-state index contributed by atoms with van der Waals surface area (Å²) in [5.41, 5.74) is 6.94. The van der Waals surface area contributed by atoms with E-state index in [-0.39, 0.29) is 17.9 Å². The van der Waals surface area contributed by atoms with Gasteiger partial charge in [0.1, 0.15) is 5.75 Å². The van der Waals surface area contributed by atoms with Crippen LogP contribution >= 0.6 is 0 Å². The summed E-state index contributed by atoms with van der Waals surface area (Å²) in [5, 5.41) is 3.21. The maximum atomic E-state index is 13.4. The molecule has 2 heterocycles. The van der Waals surface area contributed by atoms with Gasteiger partial charge >= 0.3 is 6.03 Å². The van der Waals surface area contributed by atoms with Crippen LogP contribution in [0.15, 0.2) is 66.7 Å². The second-order valence-corrected chi connectivity index (χ2v) is 10.6. The highest BCUT2D eigenvalue weighted by Crippen LogP contribution is 2.47. The molecule has 0 spiro atoms. The molecule has 0 bridgehead atoms. The number of carbonyl (C=O) groups is 2. The van der Waals surface area contributed by atoms with Crippen molar-refractivity contribution in [2.45, 2.75) is 31.8 Å². The highest BCUT2D eigenvalue weighted by molar-refractivity contribution is 5.83. The number of carbonyl (C=O) groups excluding carboxylic acids is 2. The Hall–Kier alpha value is -3.84. The van der Waals surface area contributed by atoms with Gasteiger partial charge in [0.05, 0.1) is 20.3 Å². The van der Waals surface area contributed by atoms with E-state index in [1.807, 2.05) is 40.1 Å². The Balaban J connectivity index is 1.24. The number of amides is 3. The summed E-state index contributed by atoms with van der Waals surface area (Å²) in [4.78, 5) is 30.3. The quantitative estimate of drug-likeness (QED) is 0.511. The number of nitrogens with one attached hydrogen (secondary N) is 1. The number of ether oxygens (including phenoxy) is 2. The number of urea groups is 1. The Kier molecular flexibility index (Phi) is 7.24. The molecular formula is C32H35N3O4. The lowest BCUT2D eigenvalue weighted by Crippen LogP contribution is -2.49. The lowest BCUT2D eigenvalue weighted by atomic mass is 9.87. The third kappa shape index (κ3) is 5.36. The number of benzene rings is 3. The number of fused-ring (bicyclic) bond motifs is 1. The molecule has 0 unspecified atom stereocenters. The van der Waals surface area contributed by atoms with Crippen molar-refractivity contribution in [2.75, 3.05) is 40.0 Å². The Morgan fingerprint density at radius 2 is 1.77 bits per heavy atom. The standard InChI is InChI=1S/C32H35N3O4/c1-38-25-9-5-8-23(18-25)26-11-10-24(20-33-31(36)29-19-28(29)22-6-3-2-4-7-22)30-21-35(13-12-27(26)30)32(37)34-14-16-39-17-15-34/h2-11,18,28-29H,12-17,19-21H2,1H3,(H,33,36)/t28-,29+/m0/s1. The molecule has 1 saturated carbocycles. The van der Waals surface area contributed by atoms with Crippen LogP contribution < -0.4 is 10.1 Å². The fourth-order valence-electron chi connectivity index (χ4n) is 5.95. The van der Waals surface area contributed by atoms with Gasteiger partial charge in [0, 0.05) is 38.6 Å². The first-order chi connectivity index (χ1) is 19.1. The van der Waals surface area contributed by atoms with Crippen molar-refractivity contribution < 1.29 is 19.1 Å². The number of hydrogen-bond donors (Lipinski definition) is 1. The van der Waals surface area contributed by atoms with Crippen molar-refractivity contribution in [1.82, 2.24) is 15.1 Å². The zero-order valence-corrected chi connectivity index (χ0v) is 22.4. The monoisotopic (exact) mass is 525 g/mol. The molecule has 2 aliphatic heterocycles. The van der Waals surface area contributed by atoms with Crippen molar-refractivity contribution in [3.8, 4) is 16.9 Å². The van der Waals surface area contributed by atoms with Gasteiger partial charge in [0.25, 0.3) is 0 Å². The third-order valence-corrected chi connectivity index (χ3v) is 8.25. The second-order valence-electron chi connectivity index (χ2n) is 10.6. The van der Waals surface area contributed by atoms with Crippen LogP contribution in [0.25, 0.3) is 11.1 Å². The molecule has 1 N–H and O–H groups in total. The van der Waals surface area contributed by atoms with Crippen LogP contribution in [0.3, 0.4) is 0 Å². The van der Waals surface area contributed by atoms with Gasteiger partial charge in [0.2, 0.25) is 5.91 Å². The van der Waals surface area contributed by atoms with E-state index in [1.165, 1.54) is 11.1 Å².